The van der Waals surface area contributed by atoms with Crippen molar-refractivity contribution in [1.29, 1.82) is 0 Å². The van der Waals surface area contributed by atoms with Crippen LogP contribution in [0, 0.1) is 0 Å². The summed E-state index contributed by atoms with van der Waals surface area (Å²) in [6.45, 7) is 0. The van der Waals surface area contributed by atoms with Gasteiger partial charge in [-0.2, -0.15) is 10.2 Å². The van der Waals surface area contributed by atoms with Gasteiger partial charge in [-0.05, 0) is 29.8 Å². The van der Waals surface area contributed by atoms with Gasteiger partial charge in [-0.25, -0.2) is 5.43 Å². The number of aromatic nitrogens is 2. The second kappa shape index (κ2) is 6.61. The summed E-state index contributed by atoms with van der Waals surface area (Å²) in [6.07, 6.45) is 3.08. The first-order chi connectivity index (χ1) is 11.3. The van der Waals surface area contributed by atoms with Crippen LogP contribution in [0.3, 0.4) is 0 Å². The lowest BCUT2D eigenvalue weighted by molar-refractivity contribution is 0.0950. The minimum atomic E-state index is -0.418. The lowest BCUT2D eigenvalue weighted by atomic mass is 10.2. The number of amides is 1. The van der Waals surface area contributed by atoms with E-state index in [1.807, 2.05) is 18.2 Å². The van der Waals surface area contributed by atoms with Crippen molar-refractivity contribution >= 4 is 12.1 Å². The number of nitrogens with one attached hydrogen (secondary N) is 2. The van der Waals surface area contributed by atoms with Crippen molar-refractivity contribution in [3.8, 4) is 17.2 Å². The molecule has 3 rings (SSSR count). The highest BCUT2D eigenvalue weighted by molar-refractivity contribution is 5.94. The van der Waals surface area contributed by atoms with Crippen molar-refractivity contribution < 1.29 is 13.9 Å². The van der Waals surface area contributed by atoms with Crippen molar-refractivity contribution in [3.05, 3.63) is 60.0 Å². The molecule has 3 aromatic rings. The molecule has 0 saturated heterocycles. The molecule has 0 saturated carbocycles. The second-order valence-corrected chi connectivity index (χ2v) is 4.62. The number of carbonyl (C=O) groups excluding carboxylic acids is 1. The lowest BCUT2D eigenvalue weighted by Crippen LogP contribution is -2.18. The molecule has 1 aromatic carbocycles. The van der Waals surface area contributed by atoms with E-state index < -0.39 is 5.91 Å². The molecule has 2 aromatic heterocycles. The largest absolute Gasteiger partial charge is 0.497 e. The van der Waals surface area contributed by atoms with Crippen molar-refractivity contribution in [2.24, 2.45) is 5.10 Å². The fourth-order valence-electron chi connectivity index (χ4n) is 1.94. The van der Waals surface area contributed by atoms with Crippen LogP contribution in [0.1, 0.15) is 16.1 Å². The molecular weight excluding hydrogens is 296 g/mol. The molecule has 0 aliphatic carbocycles. The quantitative estimate of drug-likeness (QED) is 0.559. The first-order valence-corrected chi connectivity index (χ1v) is 6.83. The molecule has 23 heavy (non-hydrogen) atoms. The minimum absolute atomic E-state index is 0.221. The van der Waals surface area contributed by atoms with Crippen LogP contribution in [0.2, 0.25) is 0 Å². The van der Waals surface area contributed by atoms with E-state index in [9.17, 15) is 4.79 Å². The SMILES string of the molecule is COc1cccc(C=NNC(=O)c2cc(-c3ccco3)[nH]n2)c1. The van der Waals surface area contributed by atoms with Crippen LogP contribution >= 0.6 is 0 Å². The fraction of sp³-hybridized carbons (Fsp3) is 0.0625. The molecule has 0 fully saturated rings. The summed E-state index contributed by atoms with van der Waals surface area (Å²) in [5.74, 6) is 0.908. The number of hydrogen-bond acceptors (Lipinski definition) is 5. The molecule has 0 atom stereocenters. The summed E-state index contributed by atoms with van der Waals surface area (Å²) in [4.78, 5) is 12.0. The molecule has 0 radical (unpaired) electrons. The predicted molar refractivity (Wildman–Crippen MR) is 84.3 cm³/mol. The first-order valence-electron chi connectivity index (χ1n) is 6.83. The van der Waals surface area contributed by atoms with Crippen molar-refractivity contribution in [3.63, 3.8) is 0 Å². The van der Waals surface area contributed by atoms with Gasteiger partial charge in [0.1, 0.15) is 11.4 Å². The number of rotatable bonds is 5. The van der Waals surface area contributed by atoms with E-state index in [0.29, 0.717) is 11.5 Å². The van der Waals surface area contributed by atoms with Crippen molar-refractivity contribution in [2.75, 3.05) is 7.11 Å². The summed E-state index contributed by atoms with van der Waals surface area (Å²) < 4.78 is 10.3. The van der Waals surface area contributed by atoms with Gasteiger partial charge in [0.2, 0.25) is 0 Å². The highest BCUT2D eigenvalue weighted by atomic mass is 16.5. The molecule has 2 heterocycles. The molecule has 0 aliphatic heterocycles. The van der Waals surface area contributed by atoms with Crippen LogP contribution in [0.5, 0.6) is 5.75 Å². The normalized spacial score (nSPS) is 10.8. The second-order valence-electron chi connectivity index (χ2n) is 4.62. The van der Waals surface area contributed by atoms with Crippen LogP contribution in [0.25, 0.3) is 11.5 Å². The number of hydrazone groups is 1. The Bertz CT molecular complexity index is 821. The lowest BCUT2D eigenvalue weighted by Gasteiger charge is -1.99. The molecule has 0 bridgehead atoms. The molecule has 0 spiro atoms. The van der Waals surface area contributed by atoms with E-state index in [1.54, 1.807) is 37.6 Å². The maximum Gasteiger partial charge on any atom is 0.291 e. The smallest absolute Gasteiger partial charge is 0.291 e. The average molecular weight is 310 g/mol. The summed E-state index contributed by atoms with van der Waals surface area (Å²) in [5, 5.41) is 10.6. The van der Waals surface area contributed by atoms with Crippen LogP contribution in [0.4, 0.5) is 0 Å². The molecule has 7 nitrogen and oxygen atoms in total. The van der Waals surface area contributed by atoms with E-state index in [4.69, 9.17) is 9.15 Å². The summed E-state index contributed by atoms with van der Waals surface area (Å²) in [7, 11) is 1.59. The third kappa shape index (κ3) is 3.46. The van der Waals surface area contributed by atoms with E-state index in [-0.39, 0.29) is 5.69 Å². The van der Waals surface area contributed by atoms with Crippen molar-refractivity contribution in [2.45, 2.75) is 0 Å². The molecule has 7 heteroatoms. The average Bonchev–Trinajstić information content (AvgIpc) is 3.26. The van der Waals surface area contributed by atoms with E-state index in [2.05, 4.69) is 20.7 Å². The minimum Gasteiger partial charge on any atom is -0.497 e. The number of carbonyl (C=O) groups is 1. The van der Waals surface area contributed by atoms with Gasteiger partial charge in [-0.3, -0.25) is 9.89 Å². The van der Waals surface area contributed by atoms with Gasteiger partial charge >= 0.3 is 0 Å². The third-order valence-corrected chi connectivity index (χ3v) is 3.07. The monoisotopic (exact) mass is 310 g/mol. The van der Waals surface area contributed by atoms with Gasteiger partial charge in [0.25, 0.3) is 5.91 Å². The Labute approximate surface area is 132 Å². The highest BCUT2D eigenvalue weighted by Crippen LogP contribution is 2.17. The first kappa shape index (κ1) is 14.6. The maximum atomic E-state index is 12.0. The Hall–Kier alpha value is -3.35. The zero-order valence-corrected chi connectivity index (χ0v) is 12.3. The van der Waals surface area contributed by atoms with Gasteiger partial charge in [0.15, 0.2) is 11.5 Å². The third-order valence-electron chi connectivity index (χ3n) is 3.07. The number of furan rings is 1. The summed E-state index contributed by atoms with van der Waals surface area (Å²) >= 11 is 0. The number of H-pyrrole nitrogens is 1. The highest BCUT2D eigenvalue weighted by Gasteiger charge is 2.11. The Morgan fingerprint density at radius 3 is 3.04 bits per heavy atom. The molecule has 116 valence electrons. The van der Waals surface area contributed by atoms with E-state index >= 15 is 0 Å². The van der Waals surface area contributed by atoms with Gasteiger partial charge in [-0.15, -0.1) is 0 Å². The molecular formula is C16H14N4O3. The standard InChI is InChI=1S/C16H14N4O3/c1-22-12-5-2-4-11(8-12)10-17-20-16(21)14-9-13(18-19-14)15-6-3-7-23-15/h2-10H,1H3,(H,18,19)(H,20,21). The molecule has 0 aliphatic rings. The topological polar surface area (TPSA) is 92.5 Å². The van der Waals surface area contributed by atoms with Crippen LogP contribution < -0.4 is 10.2 Å². The van der Waals surface area contributed by atoms with Crippen LogP contribution in [0.15, 0.2) is 58.2 Å². The van der Waals surface area contributed by atoms with E-state index in [0.717, 1.165) is 11.3 Å². The van der Waals surface area contributed by atoms with Gasteiger partial charge in [0.05, 0.1) is 19.6 Å². The number of aromatic amines is 1. The zero-order valence-electron chi connectivity index (χ0n) is 12.3. The number of methoxy groups -OCH3 is 1. The Balaban J connectivity index is 1.64. The Morgan fingerprint density at radius 1 is 1.35 bits per heavy atom. The van der Waals surface area contributed by atoms with Crippen LogP contribution in [-0.4, -0.2) is 29.4 Å². The zero-order chi connectivity index (χ0) is 16.1. The number of nitrogens with zero attached hydrogens (tertiary/aromatic N) is 2. The molecule has 0 unspecified atom stereocenters. The summed E-state index contributed by atoms with van der Waals surface area (Å²) in [6, 6.07) is 12.4. The summed E-state index contributed by atoms with van der Waals surface area (Å²) in [5.41, 5.74) is 4.07. The molecule has 2 N–H and O–H groups in total. The maximum absolute atomic E-state index is 12.0. The van der Waals surface area contributed by atoms with Gasteiger partial charge in [0, 0.05) is 6.07 Å². The van der Waals surface area contributed by atoms with Gasteiger partial charge in [-0.1, -0.05) is 12.1 Å². The Kier molecular flexibility index (Phi) is 4.19. The Morgan fingerprint density at radius 2 is 2.26 bits per heavy atom. The number of ether oxygens (including phenoxy) is 1. The van der Waals surface area contributed by atoms with Crippen molar-refractivity contribution in [1.82, 2.24) is 15.6 Å². The van der Waals surface area contributed by atoms with Crippen LogP contribution in [-0.2, 0) is 0 Å². The fourth-order valence-corrected chi connectivity index (χ4v) is 1.94. The van der Waals surface area contributed by atoms with Gasteiger partial charge < -0.3 is 9.15 Å². The van der Waals surface area contributed by atoms with E-state index in [1.165, 1.54) is 6.21 Å². The predicted octanol–water partition coefficient (Wildman–Crippen LogP) is 2.44. The molecule has 1 amide bonds. The number of hydrogen-bond donors (Lipinski definition) is 2. The number of benzene rings is 1.